The lowest BCUT2D eigenvalue weighted by Gasteiger charge is -2.18. The summed E-state index contributed by atoms with van der Waals surface area (Å²) >= 11 is 0. The third-order valence-corrected chi connectivity index (χ3v) is 14.3. The fourth-order valence-corrected chi connectivity index (χ4v) is 9.63. The van der Waals surface area contributed by atoms with E-state index in [4.69, 9.17) is 14.2 Å². The number of ether oxygens (including phenoxy) is 3. The second-order valence-corrected chi connectivity index (χ2v) is 21.8. The minimum atomic E-state index is -0.762. The van der Waals surface area contributed by atoms with E-state index in [2.05, 4.69) is 27.7 Å². The van der Waals surface area contributed by atoms with E-state index < -0.39 is 6.10 Å². The van der Waals surface area contributed by atoms with Crippen molar-refractivity contribution in [3.05, 3.63) is 0 Å². The van der Waals surface area contributed by atoms with Gasteiger partial charge in [-0.25, -0.2) is 0 Å². The number of unbranched alkanes of at least 4 members (excludes halogenated alkanes) is 44. The molecule has 0 aromatic heterocycles. The van der Waals surface area contributed by atoms with Gasteiger partial charge in [0.2, 0.25) is 0 Å². The summed E-state index contributed by atoms with van der Waals surface area (Å²) in [6.07, 6.45) is 62.4. The van der Waals surface area contributed by atoms with Gasteiger partial charge in [-0.3, -0.25) is 14.4 Å². The molecule has 0 spiro atoms. The number of carbonyl (C=O) groups is 3. The average molecular weight is 962 g/mol. The van der Waals surface area contributed by atoms with Crippen LogP contribution in [0.4, 0.5) is 0 Å². The highest BCUT2D eigenvalue weighted by Crippen LogP contribution is 2.18. The SMILES string of the molecule is CCCCCCCCCCCCCCCCCCCC(=O)O[C@@H](COC(=O)CCCCCCCCCCCCCCCC)COC(=O)CCCCCCCCCCCCCCCCCCC(C)C. The van der Waals surface area contributed by atoms with Crippen molar-refractivity contribution in [3.63, 3.8) is 0 Å². The molecular formula is C62H120O6. The van der Waals surface area contributed by atoms with Crippen molar-refractivity contribution in [2.24, 2.45) is 5.92 Å². The Bertz CT molecular complexity index is 1030. The van der Waals surface area contributed by atoms with E-state index in [9.17, 15) is 14.4 Å². The number of esters is 3. The monoisotopic (exact) mass is 961 g/mol. The molecule has 404 valence electrons. The third-order valence-electron chi connectivity index (χ3n) is 14.3. The van der Waals surface area contributed by atoms with Crippen molar-refractivity contribution in [1.29, 1.82) is 0 Å². The van der Waals surface area contributed by atoms with Crippen LogP contribution in [0.5, 0.6) is 0 Å². The van der Waals surface area contributed by atoms with Gasteiger partial charge in [-0.1, -0.05) is 317 Å². The van der Waals surface area contributed by atoms with Crippen LogP contribution in [0.3, 0.4) is 0 Å². The Balaban J connectivity index is 4.27. The Morgan fingerprint density at radius 2 is 0.485 bits per heavy atom. The van der Waals surface area contributed by atoms with E-state index in [1.165, 1.54) is 250 Å². The van der Waals surface area contributed by atoms with E-state index in [1.54, 1.807) is 0 Å². The summed E-state index contributed by atoms with van der Waals surface area (Å²) in [5.41, 5.74) is 0. The zero-order valence-corrected chi connectivity index (χ0v) is 46.6. The van der Waals surface area contributed by atoms with E-state index >= 15 is 0 Å². The summed E-state index contributed by atoms with van der Waals surface area (Å²) in [4.78, 5) is 38.2. The third kappa shape index (κ3) is 55.3. The van der Waals surface area contributed by atoms with Crippen molar-refractivity contribution in [3.8, 4) is 0 Å². The van der Waals surface area contributed by atoms with Crippen LogP contribution in [0, 0.1) is 5.92 Å². The molecule has 0 rings (SSSR count). The maximum atomic E-state index is 12.9. The van der Waals surface area contributed by atoms with Crippen molar-refractivity contribution in [1.82, 2.24) is 0 Å². The van der Waals surface area contributed by atoms with E-state index in [0.29, 0.717) is 19.3 Å². The van der Waals surface area contributed by atoms with Crippen molar-refractivity contribution in [2.45, 2.75) is 361 Å². The second kappa shape index (κ2) is 56.3. The van der Waals surface area contributed by atoms with Gasteiger partial charge >= 0.3 is 17.9 Å². The zero-order valence-electron chi connectivity index (χ0n) is 46.6. The van der Waals surface area contributed by atoms with Gasteiger partial charge in [0.25, 0.3) is 0 Å². The minimum absolute atomic E-state index is 0.0613. The van der Waals surface area contributed by atoms with Gasteiger partial charge in [-0.05, 0) is 25.2 Å². The first-order chi connectivity index (χ1) is 33.4. The molecule has 0 heterocycles. The fraction of sp³-hybridized carbons (Fsp3) is 0.952. The molecule has 0 aromatic carbocycles. The van der Waals surface area contributed by atoms with Gasteiger partial charge in [0.05, 0.1) is 0 Å². The molecule has 0 aromatic rings. The maximum absolute atomic E-state index is 12.9. The predicted octanol–water partition coefficient (Wildman–Crippen LogP) is 20.6. The first-order valence-electron chi connectivity index (χ1n) is 30.9. The largest absolute Gasteiger partial charge is 0.462 e. The van der Waals surface area contributed by atoms with Crippen LogP contribution >= 0.6 is 0 Å². The molecule has 0 amide bonds. The van der Waals surface area contributed by atoms with Crippen LogP contribution in [0.15, 0.2) is 0 Å². The molecule has 0 fully saturated rings. The number of hydrogen-bond donors (Lipinski definition) is 0. The lowest BCUT2D eigenvalue weighted by Crippen LogP contribution is -2.30. The normalized spacial score (nSPS) is 12.0. The Morgan fingerprint density at radius 3 is 0.721 bits per heavy atom. The van der Waals surface area contributed by atoms with Crippen LogP contribution in [-0.4, -0.2) is 37.2 Å². The molecule has 0 aliphatic rings. The summed E-state index contributed by atoms with van der Waals surface area (Å²) in [5.74, 6) is 0.0234. The summed E-state index contributed by atoms with van der Waals surface area (Å²) < 4.78 is 16.9. The first-order valence-corrected chi connectivity index (χ1v) is 30.9. The average Bonchev–Trinajstić information content (AvgIpc) is 3.32. The molecule has 0 radical (unpaired) electrons. The van der Waals surface area contributed by atoms with Crippen LogP contribution in [0.2, 0.25) is 0 Å². The molecular weight excluding hydrogens is 841 g/mol. The Labute approximate surface area is 425 Å². The minimum Gasteiger partial charge on any atom is -0.462 e. The summed E-state index contributed by atoms with van der Waals surface area (Å²) in [5, 5.41) is 0. The Hall–Kier alpha value is -1.59. The molecule has 0 aliphatic heterocycles. The van der Waals surface area contributed by atoms with Crippen molar-refractivity contribution in [2.75, 3.05) is 13.2 Å². The molecule has 0 aliphatic carbocycles. The Kier molecular flexibility index (Phi) is 55.0. The molecule has 0 N–H and O–H groups in total. The fourth-order valence-electron chi connectivity index (χ4n) is 9.63. The quantitative estimate of drug-likeness (QED) is 0.0343. The van der Waals surface area contributed by atoms with Crippen LogP contribution in [-0.2, 0) is 28.6 Å². The highest BCUT2D eigenvalue weighted by molar-refractivity contribution is 5.71. The lowest BCUT2D eigenvalue weighted by molar-refractivity contribution is -0.167. The van der Waals surface area contributed by atoms with Gasteiger partial charge in [0.1, 0.15) is 13.2 Å². The topological polar surface area (TPSA) is 78.9 Å². The van der Waals surface area contributed by atoms with Crippen LogP contribution in [0.1, 0.15) is 355 Å². The smallest absolute Gasteiger partial charge is 0.306 e. The maximum Gasteiger partial charge on any atom is 0.306 e. The van der Waals surface area contributed by atoms with Gasteiger partial charge in [0.15, 0.2) is 6.10 Å². The number of carbonyl (C=O) groups excluding carboxylic acids is 3. The highest BCUT2D eigenvalue weighted by Gasteiger charge is 2.19. The molecule has 0 saturated heterocycles. The van der Waals surface area contributed by atoms with Crippen molar-refractivity contribution >= 4 is 17.9 Å². The Morgan fingerprint density at radius 1 is 0.279 bits per heavy atom. The van der Waals surface area contributed by atoms with Gasteiger partial charge in [-0.2, -0.15) is 0 Å². The summed E-state index contributed by atoms with van der Waals surface area (Å²) in [7, 11) is 0. The number of rotatable bonds is 57. The van der Waals surface area contributed by atoms with Gasteiger partial charge in [0, 0.05) is 19.3 Å². The zero-order chi connectivity index (χ0) is 49.5. The lowest BCUT2D eigenvalue weighted by atomic mass is 10.0. The van der Waals surface area contributed by atoms with E-state index in [-0.39, 0.29) is 31.1 Å². The van der Waals surface area contributed by atoms with E-state index in [0.717, 1.165) is 63.7 Å². The summed E-state index contributed by atoms with van der Waals surface area (Å²) in [6, 6.07) is 0. The molecule has 0 saturated carbocycles. The van der Waals surface area contributed by atoms with Crippen LogP contribution in [0.25, 0.3) is 0 Å². The molecule has 6 nitrogen and oxygen atoms in total. The second-order valence-electron chi connectivity index (χ2n) is 21.8. The molecule has 0 bridgehead atoms. The molecule has 1 atom stereocenters. The first kappa shape index (κ1) is 66.4. The van der Waals surface area contributed by atoms with Gasteiger partial charge < -0.3 is 14.2 Å². The predicted molar refractivity (Wildman–Crippen MR) is 293 cm³/mol. The number of hydrogen-bond acceptors (Lipinski definition) is 6. The molecule has 68 heavy (non-hydrogen) atoms. The molecule has 6 heteroatoms. The van der Waals surface area contributed by atoms with Crippen molar-refractivity contribution < 1.29 is 28.6 Å². The van der Waals surface area contributed by atoms with Gasteiger partial charge in [-0.15, -0.1) is 0 Å². The standard InChI is InChI=1S/C62H120O6/c1-5-7-9-11-13-15-17-19-21-22-27-31-35-39-43-47-51-55-62(65)68-59(56-66-60(63)53-49-45-41-37-33-29-20-18-16-14-12-10-8-6-2)57-67-61(64)54-50-46-42-38-34-30-26-24-23-25-28-32-36-40-44-48-52-58(3)4/h58-59H,5-57H2,1-4H3/t59-/m0/s1. The van der Waals surface area contributed by atoms with Crippen LogP contribution < -0.4 is 0 Å². The molecule has 0 unspecified atom stereocenters. The summed E-state index contributed by atoms with van der Waals surface area (Å²) in [6.45, 7) is 9.09. The van der Waals surface area contributed by atoms with E-state index in [1.807, 2.05) is 0 Å². The highest BCUT2D eigenvalue weighted by atomic mass is 16.6.